The number of carbonyl (C=O) groups excluding carboxylic acids is 2. The highest BCUT2D eigenvalue weighted by Crippen LogP contribution is 2.19. The van der Waals surface area contributed by atoms with Crippen LogP contribution >= 0.6 is 12.4 Å². The molecule has 1 aromatic rings. The fourth-order valence-corrected chi connectivity index (χ4v) is 1.49. The molecule has 0 saturated carbocycles. The molecule has 1 aromatic carbocycles. The van der Waals surface area contributed by atoms with E-state index < -0.39 is 18.0 Å². The van der Waals surface area contributed by atoms with Crippen LogP contribution in [0.4, 0.5) is 0 Å². The van der Waals surface area contributed by atoms with Crippen molar-refractivity contribution in [2.24, 2.45) is 5.73 Å². The predicted octanol–water partition coefficient (Wildman–Crippen LogP) is 1.46. The van der Waals surface area contributed by atoms with E-state index in [1.807, 2.05) is 0 Å². The molecule has 0 aliphatic rings. The zero-order valence-corrected chi connectivity index (χ0v) is 11.0. The summed E-state index contributed by atoms with van der Waals surface area (Å²) in [6, 6.07) is 6.18. The van der Waals surface area contributed by atoms with Crippen LogP contribution in [0.25, 0.3) is 0 Å². The summed E-state index contributed by atoms with van der Waals surface area (Å²) in [6.07, 6.45) is 0.0184. The molecule has 6 heteroatoms. The highest BCUT2D eigenvalue weighted by atomic mass is 35.5. The van der Waals surface area contributed by atoms with Crippen molar-refractivity contribution in [1.29, 1.82) is 0 Å². The van der Waals surface area contributed by atoms with Crippen LogP contribution in [-0.4, -0.2) is 26.2 Å². The number of methoxy groups -OCH3 is 2. The van der Waals surface area contributed by atoms with E-state index in [-0.39, 0.29) is 18.8 Å². The Bertz CT molecular complexity index is 422. The molecule has 0 amide bonds. The van der Waals surface area contributed by atoms with Crippen molar-refractivity contribution < 1.29 is 19.1 Å². The maximum atomic E-state index is 11.5. The highest BCUT2D eigenvalue weighted by Gasteiger charge is 2.18. The lowest BCUT2D eigenvalue weighted by Crippen LogP contribution is -2.19. The Kier molecular flexibility index (Phi) is 7.00. The van der Waals surface area contributed by atoms with Crippen LogP contribution in [0, 0.1) is 0 Å². The van der Waals surface area contributed by atoms with Crippen molar-refractivity contribution in [1.82, 2.24) is 0 Å². The minimum absolute atomic E-state index is 0. The van der Waals surface area contributed by atoms with Gasteiger partial charge in [-0.05, 0) is 11.6 Å². The standard InChI is InChI=1S/C12H15NO4.ClH/c1-16-11(14)7-10(13)8-5-3-4-6-9(8)12(15)17-2;/h3-6,10H,7,13H2,1-2H3;1H/t10-;/m1./s1. The quantitative estimate of drug-likeness (QED) is 0.840. The molecule has 5 nitrogen and oxygen atoms in total. The molecule has 0 radical (unpaired) electrons. The van der Waals surface area contributed by atoms with Crippen molar-refractivity contribution >= 4 is 24.3 Å². The Morgan fingerprint density at radius 2 is 1.83 bits per heavy atom. The van der Waals surface area contributed by atoms with E-state index in [1.54, 1.807) is 24.3 Å². The van der Waals surface area contributed by atoms with Gasteiger partial charge in [0.1, 0.15) is 0 Å². The van der Waals surface area contributed by atoms with Gasteiger partial charge in [0.05, 0.1) is 26.2 Å². The average Bonchev–Trinajstić information content (AvgIpc) is 2.37. The van der Waals surface area contributed by atoms with Gasteiger partial charge in [-0.15, -0.1) is 12.4 Å². The number of hydrogen-bond acceptors (Lipinski definition) is 5. The molecule has 100 valence electrons. The van der Waals surface area contributed by atoms with Crippen molar-refractivity contribution in [2.45, 2.75) is 12.5 Å². The Labute approximate surface area is 112 Å². The molecular weight excluding hydrogens is 258 g/mol. The van der Waals surface area contributed by atoms with Crippen LogP contribution in [0.15, 0.2) is 24.3 Å². The minimum Gasteiger partial charge on any atom is -0.469 e. The largest absolute Gasteiger partial charge is 0.469 e. The van der Waals surface area contributed by atoms with E-state index in [4.69, 9.17) is 5.73 Å². The predicted molar refractivity (Wildman–Crippen MR) is 68.6 cm³/mol. The summed E-state index contributed by atoms with van der Waals surface area (Å²) in [4.78, 5) is 22.6. The summed E-state index contributed by atoms with van der Waals surface area (Å²) >= 11 is 0. The third-order valence-corrected chi connectivity index (χ3v) is 2.38. The number of halogens is 1. The first kappa shape index (κ1) is 16.4. The number of esters is 2. The van der Waals surface area contributed by atoms with Gasteiger partial charge in [0.25, 0.3) is 0 Å². The molecule has 0 aliphatic heterocycles. The maximum Gasteiger partial charge on any atom is 0.338 e. The number of hydrogen-bond donors (Lipinski definition) is 1. The summed E-state index contributed by atoms with van der Waals surface area (Å²) in [6.45, 7) is 0. The van der Waals surface area contributed by atoms with Gasteiger partial charge in [-0.1, -0.05) is 18.2 Å². The Hall–Kier alpha value is -1.59. The molecule has 0 aromatic heterocycles. The van der Waals surface area contributed by atoms with Gasteiger partial charge in [0.2, 0.25) is 0 Å². The van der Waals surface area contributed by atoms with Gasteiger partial charge in [0.15, 0.2) is 0 Å². The Morgan fingerprint density at radius 3 is 2.39 bits per heavy atom. The summed E-state index contributed by atoms with van der Waals surface area (Å²) < 4.78 is 9.18. The topological polar surface area (TPSA) is 78.6 Å². The van der Waals surface area contributed by atoms with E-state index in [2.05, 4.69) is 9.47 Å². The normalized spacial score (nSPS) is 11.1. The lowest BCUT2D eigenvalue weighted by Gasteiger charge is -2.14. The van der Waals surface area contributed by atoms with Crippen LogP contribution in [0.5, 0.6) is 0 Å². The molecule has 0 unspecified atom stereocenters. The van der Waals surface area contributed by atoms with Gasteiger partial charge in [-0.2, -0.15) is 0 Å². The second-order valence-corrected chi connectivity index (χ2v) is 3.47. The Morgan fingerprint density at radius 1 is 1.22 bits per heavy atom. The second kappa shape index (κ2) is 7.68. The van der Waals surface area contributed by atoms with Gasteiger partial charge >= 0.3 is 11.9 Å². The lowest BCUT2D eigenvalue weighted by atomic mass is 9.99. The summed E-state index contributed by atoms with van der Waals surface area (Å²) in [7, 11) is 2.59. The third-order valence-electron chi connectivity index (χ3n) is 2.38. The monoisotopic (exact) mass is 273 g/mol. The van der Waals surface area contributed by atoms with Crippen LogP contribution in [0.2, 0.25) is 0 Å². The first-order chi connectivity index (χ1) is 8.10. The fraction of sp³-hybridized carbons (Fsp3) is 0.333. The van der Waals surface area contributed by atoms with Crippen LogP contribution in [0.1, 0.15) is 28.4 Å². The molecule has 1 rings (SSSR count). The van der Waals surface area contributed by atoms with Crippen LogP contribution in [0.3, 0.4) is 0 Å². The molecule has 0 aliphatic carbocycles. The Balaban J connectivity index is 0.00000289. The van der Waals surface area contributed by atoms with E-state index in [0.717, 1.165) is 0 Å². The zero-order chi connectivity index (χ0) is 12.8. The second-order valence-electron chi connectivity index (χ2n) is 3.47. The van der Waals surface area contributed by atoms with E-state index in [0.29, 0.717) is 11.1 Å². The lowest BCUT2D eigenvalue weighted by molar-refractivity contribution is -0.141. The highest BCUT2D eigenvalue weighted by molar-refractivity contribution is 5.91. The van der Waals surface area contributed by atoms with Crippen molar-refractivity contribution in [2.75, 3.05) is 14.2 Å². The molecule has 0 bridgehead atoms. The first-order valence-electron chi connectivity index (χ1n) is 5.09. The molecule has 2 N–H and O–H groups in total. The maximum absolute atomic E-state index is 11.5. The molecule has 1 atom stereocenters. The zero-order valence-electron chi connectivity index (χ0n) is 10.2. The molecule has 0 saturated heterocycles. The molecular formula is C12H16ClNO4. The van der Waals surface area contributed by atoms with Crippen LogP contribution in [-0.2, 0) is 14.3 Å². The number of nitrogens with two attached hydrogens (primary N) is 1. The average molecular weight is 274 g/mol. The van der Waals surface area contributed by atoms with E-state index in [1.165, 1.54) is 14.2 Å². The number of benzene rings is 1. The fourth-order valence-electron chi connectivity index (χ4n) is 1.49. The molecule has 0 fully saturated rings. The van der Waals surface area contributed by atoms with E-state index >= 15 is 0 Å². The molecule has 0 heterocycles. The smallest absolute Gasteiger partial charge is 0.338 e. The minimum atomic E-state index is -0.585. The SMILES string of the molecule is COC(=O)C[C@@H](N)c1ccccc1C(=O)OC.Cl. The number of rotatable bonds is 4. The first-order valence-corrected chi connectivity index (χ1v) is 5.09. The van der Waals surface area contributed by atoms with Gasteiger partial charge in [-0.3, -0.25) is 4.79 Å². The summed E-state index contributed by atoms with van der Waals surface area (Å²) in [5.74, 6) is -0.891. The molecule has 0 spiro atoms. The van der Waals surface area contributed by atoms with Gasteiger partial charge in [0, 0.05) is 6.04 Å². The van der Waals surface area contributed by atoms with Crippen molar-refractivity contribution in [3.8, 4) is 0 Å². The molecule has 18 heavy (non-hydrogen) atoms. The van der Waals surface area contributed by atoms with Gasteiger partial charge < -0.3 is 15.2 Å². The van der Waals surface area contributed by atoms with Crippen molar-refractivity contribution in [3.63, 3.8) is 0 Å². The van der Waals surface area contributed by atoms with Gasteiger partial charge in [-0.25, -0.2) is 4.79 Å². The number of ether oxygens (including phenoxy) is 2. The van der Waals surface area contributed by atoms with E-state index in [9.17, 15) is 9.59 Å². The third kappa shape index (κ3) is 4.01. The van der Waals surface area contributed by atoms with Crippen molar-refractivity contribution in [3.05, 3.63) is 35.4 Å². The number of carbonyl (C=O) groups is 2. The summed E-state index contributed by atoms with van der Waals surface area (Å²) in [5.41, 5.74) is 6.80. The summed E-state index contributed by atoms with van der Waals surface area (Å²) in [5, 5.41) is 0. The van der Waals surface area contributed by atoms with Crippen LogP contribution < -0.4 is 5.73 Å².